The Labute approximate surface area is 128 Å². The number of aryl methyl sites for hydroxylation is 1. The molecule has 1 aromatic rings. The molecule has 7 heteroatoms. The lowest BCUT2D eigenvalue weighted by atomic mass is 10.1. The number of allylic oxidation sites excluding steroid dienone is 2. The maximum atomic E-state index is 11.5. The van der Waals surface area contributed by atoms with Crippen molar-refractivity contribution in [2.45, 2.75) is 6.92 Å². The van der Waals surface area contributed by atoms with E-state index in [0.717, 1.165) is 5.56 Å². The SMILES string of the molecule is COCC(=O)Nc1ccc(NC(C#N)=C(C#N)C#N)cc1C. The monoisotopic (exact) mass is 295 g/mol. The van der Waals surface area contributed by atoms with Gasteiger partial charge in [-0.05, 0) is 30.7 Å². The van der Waals surface area contributed by atoms with Gasteiger partial charge in [-0.2, -0.15) is 15.8 Å². The minimum atomic E-state index is -0.294. The largest absolute Gasteiger partial charge is 0.375 e. The second-order valence-corrected chi connectivity index (χ2v) is 4.22. The van der Waals surface area contributed by atoms with Crippen LogP contribution in [0.3, 0.4) is 0 Å². The van der Waals surface area contributed by atoms with Gasteiger partial charge in [0, 0.05) is 18.5 Å². The van der Waals surface area contributed by atoms with E-state index in [1.807, 2.05) is 0 Å². The number of nitrogens with one attached hydrogen (secondary N) is 2. The van der Waals surface area contributed by atoms with E-state index in [-0.39, 0.29) is 23.8 Å². The summed E-state index contributed by atoms with van der Waals surface area (Å²) in [5, 5.41) is 31.9. The van der Waals surface area contributed by atoms with Crippen molar-refractivity contribution in [2.24, 2.45) is 0 Å². The van der Waals surface area contributed by atoms with Crippen LogP contribution in [0.2, 0.25) is 0 Å². The fraction of sp³-hybridized carbons (Fsp3) is 0.200. The van der Waals surface area contributed by atoms with E-state index in [1.165, 1.54) is 7.11 Å². The number of amides is 1. The lowest BCUT2D eigenvalue weighted by Gasteiger charge is -2.11. The predicted octanol–water partition coefficient (Wildman–Crippen LogP) is 1.82. The molecule has 0 unspecified atom stereocenters. The Hall–Kier alpha value is -3.34. The van der Waals surface area contributed by atoms with Crippen LogP contribution in [0.25, 0.3) is 0 Å². The van der Waals surface area contributed by atoms with Gasteiger partial charge in [0.2, 0.25) is 5.91 Å². The van der Waals surface area contributed by atoms with Crippen molar-refractivity contribution >= 4 is 17.3 Å². The Balaban J connectivity index is 2.98. The Morgan fingerprint density at radius 3 is 2.36 bits per heavy atom. The van der Waals surface area contributed by atoms with E-state index in [0.29, 0.717) is 11.4 Å². The minimum absolute atomic E-state index is 0.0472. The Morgan fingerprint density at radius 2 is 1.86 bits per heavy atom. The predicted molar refractivity (Wildman–Crippen MR) is 79.2 cm³/mol. The first kappa shape index (κ1) is 16.7. The number of hydrogen-bond donors (Lipinski definition) is 2. The van der Waals surface area contributed by atoms with E-state index >= 15 is 0 Å². The zero-order valence-electron chi connectivity index (χ0n) is 12.1. The van der Waals surface area contributed by atoms with Crippen molar-refractivity contribution in [1.82, 2.24) is 0 Å². The molecule has 0 aromatic heterocycles. The number of carbonyl (C=O) groups is 1. The molecule has 0 atom stereocenters. The summed E-state index contributed by atoms with van der Waals surface area (Å²) in [5.41, 5.74) is 1.47. The topological polar surface area (TPSA) is 122 Å². The van der Waals surface area contributed by atoms with Gasteiger partial charge < -0.3 is 15.4 Å². The van der Waals surface area contributed by atoms with Crippen LogP contribution < -0.4 is 10.6 Å². The third-order valence-corrected chi connectivity index (χ3v) is 2.63. The summed E-state index contributed by atoms with van der Waals surface area (Å²) in [6.07, 6.45) is 0. The highest BCUT2D eigenvalue weighted by Crippen LogP contribution is 2.21. The fourth-order valence-corrected chi connectivity index (χ4v) is 1.63. The molecule has 0 saturated carbocycles. The van der Waals surface area contributed by atoms with Gasteiger partial charge in [0.25, 0.3) is 0 Å². The second-order valence-electron chi connectivity index (χ2n) is 4.22. The zero-order chi connectivity index (χ0) is 16.5. The number of benzene rings is 1. The maximum absolute atomic E-state index is 11.5. The van der Waals surface area contributed by atoms with E-state index in [1.54, 1.807) is 43.3 Å². The number of anilines is 2. The molecule has 2 N–H and O–H groups in total. The highest BCUT2D eigenvalue weighted by Gasteiger charge is 2.08. The van der Waals surface area contributed by atoms with Gasteiger partial charge in [-0.15, -0.1) is 0 Å². The zero-order valence-corrected chi connectivity index (χ0v) is 12.1. The smallest absolute Gasteiger partial charge is 0.250 e. The van der Waals surface area contributed by atoms with Crippen LogP contribution in [-0.4, -0.2) is 19.6 Å². The van der Waals surface area contributed by atoms with Crippen molar-refractivity contribution in [3.8, 4) is 18.2 Å². The summed E-state index contributed by atoms with van der Waals surface area (Å²) in [6, 6.07) is 10.0. The van der Waals surface area contributed by atoms with Crippen LogP contribution in [0.1, 0.15) is 5.56 Å². The van der Waals surface area contributed by atoms with Crippen molar-refractivity contribution in [2.75, 3.05) is 24.4 Å². The van der Waals surface area contributed by atoms with Crippen LogP contribution in [0, 0.1) is 40.9 Å². The molecule has 22 heavy (non-hydrogen) atoms. The van der Waals surface area contributed by atoms with Crippen LogP contribution in [-0.2, 0) is 9.53 Å². The number of methoxy groups -OCH3 is 1. The number of nitrogens with zero attached hydrogens (tertiary/aromatic N) is 3. The van der Waals surface area contributed by atoms with Crippen molar-refractivity contribution in [1.29, 1.82) is 15.8 Å². The van der Waals surface area contributed by atoms with E-state index in [2.05, 4.69) is 10.6 Å². The fourth-order valence-electron chi connectivity index (χ4n) is 1.63. The molecule has 1 rings (SSSR count). The van der Waals surface area contributed by atoms with Gasteiger partial charge in [-0.3, -0.25) is 4.79 Å². The molecule has 0 aliphatic heterocycles. The third kappa shape index (κ3) is 4.35. The molecule has 1 aromatic carbocycles. The molecule has 110 valence electrons. The Morgan fingerprint density at radius 1 is 1.18 bits per heavy atom. The van der Waals surface area contributed by atoms with Crippen molar-refractivity contribution in [3.05, 3.63) is 35.0 Å². The lowest BCUT2D eigenvalue weighted by molar-refractivity contribution is -0.119. The summed E-state index contributed by atoms with van der Waals surface area (Å²) < 4.78 is 4.73. The summed E-state index contributed by atoms with van der Waals surface area (Å²) >= 11 is 0. The number of nitriles is 3. The molecule has 7 nitrogen and oxygen atoms in total. The number of ether oxygens (including phenoxy) is 1. The van der Waals surface area contributed by atoms with Crippen LogP contribution >= 0.6 is 0 Å². The molecular formula is C15H13N5O2. The highest BCUT2D eigenvalue weighted by molar-refractivity contribution is 5.92. The van der Waals surface area contributed by atoms with Gasteiger partial charge in [-0.25, -0.2) is 0 Å². The summed E-state index contributed by atoms with van der Waals surface area (Å²) in [7, 11) is 1.43. The molecule has 1 amide bonds. The molecule has 0 fully saturated rings. The van der Waals surface area contributed by atoms with Crippen molar-refractivity contribution in [3.63, 3.8) is 0 Å². The van der Waals surface area contributed by atoms with Crippen LogP contribution in [0.15, 0.2) is 29.5 Å². The first-order valence-corrected chi connectivity index (χ1v) is 6.16. The first-order valence-electron chi connectivity index (χ1n) is 6.16. The number of hydrogen-bond acceptors (Lipinski definition) is 6. The van der Waals surface area contributed by atoms with Gasteiger partial charge in [-0.1, -0.05) is 0 Å². The Kier molecular flexibility index (Phi) is 6.12. The summed E-state index contributed by atoms with van der Waals surface area (Å²) in [4.78, 5) is 11.5. The van der Waals surface area contributed by atoms with Gasteiger partial charge in [0.1, 0.15) is 30.5 Å². The van der Waals surface area contributed by atoms with Gasteiger partial charge >= 0.3 is 0 Å². The van der Waals surface area contributed by atoms with Crippen molar-refractivity contribution < 1.29 is 9.53 Å². The molecule has 0 aliphatic rings. The van der Waals surface area contributed by atoms with E-state index in [4.69, 9.17) is 20.5 Å². The van der Waals surface area contributed by atoms with Crippen LogP contribution in [0.5, 0.6) is 0 Å². The normalized spacial score (nSPS) is 8.86. The van der Waals surface area contributed by atoms with Gasteiger partial charge in [0.15, 0.2) is 5.57 Å². The molecule has 0 bridgehead atoms. The standard InChI is InChI=1S/C15H13N5O2/c1-10-5-12(19-14(8-18)11(6-16)7-17)3-4-13(10)20-15(21)9-22-2/h3-5,19H,9H2,1-2H3,(H,20,21). The number of rotatable bonds is 5. The van der Waals surface area contributed by atoms with Gasteiger partial charge in [0.05, 0.1) is 0 Å². The minimum Gasteiger partial charge on any atom is -0.375 e. The molecule has 0 aliphatic carbocycles. The summed E-state index contributed by atoms with van der Waals surface area (Å²) in [6.45, 7) is 1.73. The molecular weight excluding hydrogens is 282 g/mol. The summed E-state index contributed by atoms with van der Waals surface area (Å²) in [5.74, 6) is -0.278. The first-order chi connectivity index (χ1) is 10.5. The quantitative estimate of drug-likeness (QED) is 0.799. The number of carbonyl (C=O) groups excluding carboxylic acids is 1. The maximum Gasteiger partial charge on any atom is 0.250 e. The van der Waals surface area contributed by atoms with Crippen LogP contribution in [0.4, 0.5) is 11.4 Å². The lowest BCUT2D eigenvalue weighted by Crippen LogP contribution is -2.17. The van der Waals surface area contributed by atoms with E-state index < -0.39 is 0 Å². The molecule has 0 radical (unpaired) electrons. The second kappa shape index (κ2) is 8.06. The molecule has 0 heterocycles. The average Bonchev–Trinajstić information content (AvgIpc) is 2.50. The Bertz CT molecular complexity index is 716. The molecule has 0 spiro atoms. The highest BCUT2D eigenvalue weighted by atomic mass is 16.5. The molecule has 0 saturated heterocycles. The van der Waals surface area contributed by atoms with E-state index in [9.17, 15) is 4.79 Å². The average molecular weight is 295 g/mol. The third-order valence-electron chi connectivity index (χ3n) is 2.63.